The highest BCUT2D eigenvalue weighted by Crippen LogP contribution is 2.31. The number of nitrogens with two attached hydrogens (primary N) is 3. The number of halogens is 2. The molecular weight excluding hydrogens is 978 g/mol. The molecule has 0 bridgehead atoms. The Hall–Kier alpha value is -7.51. The lowest BCUT2D eigenvalue weighted by Gasteiger charge is -2.14. The van der Waals surface area contributed by atoms with E-state index in [-0.39, 0.29) is 56.5 Å². The Morgan fingerprint density at radius 1 is 0.652 bits per heavy atom. The summed E-state index contributed by atoms with van der Waals surface area (Å²) < 4.78 is 59.4. The van der Waals surface area contributed by atoms with Gasteiger partial charge in [-0.25, -0.2) is 46.7 Å². The molecule has 0 amide bonds. The van der Waals surface area contributed by atoms with Gasteiger partial charge in [0, 0.05) is 73.8 Å². The summed E-state index contributed by atoms with van der Waals surface area (Å²) in [5, 5.41) is 25.0. The second-order valence-electron chi connectivity index (χ2n) is 14.0. The average molecular weight is 1020 g/mol. The lowest BCUT2D eigenvalue weighted by molar-refractivity contribution is 0.0697. The SMILES string of the molecule is NCc1cccnc1.NS(=O)(=O)c1cc(C(=O)CCc2cccnc2)c(NCc2ccco2)cc1Cl.NS(=O)(=O)c1cc(C(=O)O)c(NCc2ccco2)cc1Cl.O=C(n1ccnc1)n1ccnc1. The summed E-state index contributed by atoms with van der Waals surface area (Å²) in [6.45, 7) is 1.10. The summed E-state index contributed by atoms with van der Waals surface area (Å²) >= 11 is 11.9. The number of primary sulfonamides is 2. The molecule has 21 nitrogen and oxygen atoms in total. The molecule has 69 heavy (non-hydrogen) atoms. The molecule has 0 fully saturated rings. The Bertz CT molecular complexity index is 3090. The van der Waals surface area contributed by atoms with Crippen LogP contribution in [0.15, 0.2) is 166 Å². The fraction of sp³-hybridized carbons (Fsp3) is 0.114. The molecule has 6 heterocycles. The number of aromatic nitrogens is 6. The second-order valence-corrected chi connectivity index (χ2v) is 17.9. The Morgan fingerprint density at radius 3 is 1.51 bits per heavy atom. The van der Waals surface area contributed by atoms with Gasteiger partial charge in [0.2, 0.25) is 20.0 Å². The van der Waals surface area contributed by atoms with Gasteiger partial charge >= 0.3 is 12.0 Å². The molecule has 0 unspecified atom stereocenters. The van der Waals surface area contributed by atoms with Gasteiger partial charge in [-0.3, -0.25) is 23.9 Å². The predicted octanol–water partition coefficient (Wildman–Crippen LogP) is 6.43. The van der Waals surface area contributed by atoms with Gasteiger partial charge in [0.05, 0.1) is 46.9 Å². The summed E-state index contributed by atoms with van der Waals surface area (Å²) in [5.41, 5.74) is 7.80. The van der Waals surface area contributed by atoms with Crippen molar-refractivity contribution in [1.29, 1.82) is 0 Å². The third kappa shape index (κ3) is 16.1. The number of carboxylic acids is 1. The van der Waals surface area contributed by atoms with Gasteiger partial charge in [-0.1, -0.05) is 35.3 Å². The van der Waals surface area contributed by atoms with Crippen molar-refractivity contribution in [2.75, 3.05) is 10.6 Å². The highest BCUT2D eigenvalue weighted by Gasteiger charge is 2.22. The third-order valence-corrected chi connectivity index (χ3v) is 11.9. The van der Waals surface area contributed by atoms with Gasteiger partial charge in [-0.05, 0) is 78.2 Å². The van der Waals surface area contributed by atoms with E-state index in [9.17, 15) is 31.2 Å². The minimum atomic E-state index is -4.11. The minimum absolute atomic E-state index is 0.0618. The number of carbonyl (C=O) groups excluding carboxylic acids is 2. The number of rotatable bonds is 14. The van der Waals surface area contributed by atoms with Crippen molar-refractivity contribution in [3.8, 4) is 0 Å². The number of Topliss-reactive ketones (excluding diaryl/α,β-unsaturated/α-hetero) is 1. The number of carbonyl (C=O) groups is 3. The molecule has 8 rings (SSSR count). The number of hydrogen-bond acceptors (Lipinski definition) is 16. The van der Waals surface area contributed by atoms with Crippen LogP contribution in [0.3, 0.4) is 0 Å². The zero-order valence-electron chi connectivity index (χ0n) is 36.0. The van der Waals surface area contributed by atoms with E-state index >= 15 is 0 Å². The summed E-state index contributed by atoms with van der Waals surface area (Å²) in [6, 6.07) is 18.9. The first-order chi connectivity index (χ1) is 32.9. The Morgan fingerprint density at radius 2 is 1.13 bits per heavy atom. The van der Waals surface area contributed by atoms with Gasteiger partial charge in [0.25, 0.3) is 0 Å². The van der Waals surface area contributed by atoms with Crippen LogP contribution in [0.25, 0.3) is 0 Å². The predicted molar refractivity (Wildman–Crippen MR) is 254 cm³/mol. The number of aromatic carboxylic acids is 1. The topological polar surface area (TPSA) is 330 Å². The summed E-state index contributed by atoms with van der Waals surface area (Å²) in [4.78, 5) is 50.2. The first-order valence-electron chi connectivity index (χ1n) is 19.9. The molecule has 360 valence electrons. The number of nitrogens with one attached hydrogen (secondary N) is 2. The highest BCUT2D eigenvalue weighted by atomic mass is 35.5. The van der Waals surface area contributed by atoms with Crippen molar-refractivity contribution in [3.63, 3.8) is 0 Å². The molecular formula is C44H43Cl2N11O10S2. The van der Waals surface area contributed by atoms with Crippen LogP contribution in [0.5, 0.6) is 0 Å². The van der Waals surface area contributed by atoms with Crippen molar-refractivity contribution in [1.82, 2.24) is 29.1 Å². The molecule has 0 radical (unpaired) electrons. The summed E-state index contributed by atoms with van der Waals surface area (Å²) in [7, 11) is -8.18. The maximum absolute atomic E-state index is 12.8. The largest absolute Gasteiger partial charge is 0.478 e. The number of pyridine rings is 2. The quantitative estimate of drug-likeness (QED) is 0.0639. The molecule has 9 N–H and O–H groups in total. The van der Waals surface area contributed by atoms with Crippen LogP contribution in [-0.4, -0.2) is 68.8 Å². The lowest BCUT2D eigenvalue weighted by atomic mass is 10.0. The zero-order valence-corrected chi connectivity index (χ0v) is 39.1. The van der Waals surface area contributed by atoms with Crippen LogP contribution in [0, 0.1) is 0 Å². The van der Waals surface area contributed by atoms with Crippen LogP contribution in [0.1, 0.15) is 49.8 Å². The summed E-state index contributed by atoms with van der Waals surface area (Å²) in [6.07, 6.45) is 19.7. The van der Waals surface area contributed by atoms with E-state index in [0.29, 0.717) is 36.7 Å². The number of carboxylic acid groups (broad SMARTS) is 1. The van der Waals surface area contributed by atoms with Crippen molar-refractivity contribution in [2.45, 2.75) is 42.3 Å². The van der Waals surface area contributed by atoms with Gasteiger partial charge in [0.1, 0.15) is 34.0 Å². The highest BCUT2D eigenvalue weighted by molar-refractivity contribution is 7.89. The van der Waals surface area contributed by atoms with Crippen LogP contribution < -0.4 is 26.6 Å². The third-order valence-electron chi connectivity index (χ3n) is 9.13. The van der Waals surface area contributed by atoms with Crippen LogP contribution in [0.4, 0.5) is 16.2 Å². The molecule has 0 atom stereocenters. The molecule has 0 spiro atoms. The maximum atomic E-state index is 12.8. The average Bonchev–Trinajstić information content (AvgIpc) is 4.20. The summed E-state index contributed by atoms with van der Waals surface area (Å²) in [5.74, 6) is -0.315. The van der Waals surface area contributed by atoms with Crippen molar-refractivity contribution in [3.05, 3.63) is 191 Å². The molecule has 0 aliphatic rings. The number of furan rings is 2. The number of hydrogen-bond donors (Lipinski definition) is 6. The van der Waals surface area contributed by atoms with Gasteiger partial charge in [-0.2, -0.15) is 0 Å². The van der Waals surface area contributed by atoms with E-state index in [2.05, 4.69) is 30.6 Å². The smallest absolute Gasteiger partial charge is 0.338 e. The number of nitrogens with zero attached hydrogens (tertiary/aromatic N) is 6. The molecule has 25 heteroatoms. The standard InChI is InChI=1S/C19H18ClN3O4S.C12H11ClN2O5S.C7H6N4O.C6H8N2/c20-16-10-17(23-12-14-4-2-8-27-14)15(9-19(16)28(21,25)26)18(24)6-5-13-3-1-7-22-11-13;13-9-5-10(15-6-7-2-1-3-20-7)8(12(16)17)4-11(9)21(14,18)19;12-7(10-3-1-8-5-10)11-4-2-9-6-11;7-4-6-2-1-3-8-5-6/h1-4,7-11,23H,5-6,12H2,(H2,21,25,26);1-5,15H,6H2,(H,16,17)(H2,14,18,19);1-6H;1-3,5H,4,7H2. The lowest BCUT2D eigenvalue weighted by Crippen LogP contribution is -2.15. The molecule has 2 aromatic carbocycles. The Labute approximate surface area is 405 Å². The van der Waals surface area contributed by atoms with E-state index in [0.717, 1.165) is 17.2 Å². The molecule has 0 saturated carbocycles. The van der Waals surface area contributed by atoms with Crippen molar-refractivity contribution < 1.29 is 45.2 Å². The van der Waals surface area contributed by atoms with Crippen LogP contribution in [0.2, 0.25) is 10.0 Å². The van der Waals surface area contributed by atoms with Crippen molar-refractivity contribution >= 4 is 72.4 Å². The van der Waals surface area contributed by atoms with E-state index in [1.165, 1.54) is 52.5 Å². The number of ketones is 1. The zero-order chi connectivity index (χ0) is 50.0. The number of sulfonamides is 2. The molecule has 6 aromatic heterocycles. The first kappa shape index (κ1) is 52.5. The van der Waals surface area contributed by atoms with Gasteiger partial charge in [-0.15, -0.1) is 0 Å². The van der Waals surface area contributed by atoms with Crippen LogP contribution >= 0.6 is 23.2 Å². The van der Waals surface area contributed by atoms with E-state index < -0.39 is 30.9 Å². The minimum Gasteiger partial charge on any atom is -0.478 e. The number of imidazole rings is 2. The fourth-order valence-electron chi connectivity index (χ4n) is 5.77. The maximum Gasteiger partial charge on any atom is 0.338 e. The van der Waals surface area contributed by atoms with Gasteiger partial charge < -0.3 is 30.3 Å². The fourth-order valence-corrected chi connectivity index (χ4v) is 7.97. The van der Waals surface area contributed by atoms with Crippen LogP contribution in [-0.2, 0) is 46.1 Å². The molecule has 0 aliphatic carbocycles. The Balaban J connectivity index is 0.000000188. The number of benzene rings is 2. The molecule has 8 aromatic rings. The molecule has 0 aliphatic heterocycles. The molecule has 0 saturated heterocycles. The second kappa shape index (κ2) is 25.0. The van der Waals surface area contributed by atoms with E-state index in [1.807, 2.05) is 18.2 Å². The Kier molecular flexibility index (Phi) is 19.0. The van der Waals surface area contributed by atoms with Crippen molar-refractivity contribution in [2.24, 2.45) is 16.0 Å². The normalized spacial score (nSPS) is 10.9. The number of anilines is 2. The van der Waals surface area contributed by atoms with Gasteiger partial charge in [0.15, 0.2) is 5.78 Å². The number of aryl methyl sites for hydroxylation is 1. The van der Waals surface area contributed by atoms with E-state index in [4.69, 9.17) is 53.2 Å². The first-order valence-corrected chi connectivity index (χ1v) is 23.8. The monoisotopic (exact) mass is 1020 g/mol. The van der Waals surface area contributed by atoms with E-state index in [1.54, 1.807) is 79.9 Å².